The Balaban J connectivity index is 1.64. The second-order valence-electron chi connectivity index (χ2n) is 6.63. The third-order valence-electron chi connectivity index (χ3n) is 4.62. The van der Waals surface area contributed by atoms with E-state index in [1.165, 1.54) is 5.56 Å². The summed E-state index contributed by atoms with van der Waals surface area (Å²) in [5.74, 6) is 1.44. The zero-order chi connectivity index (χ0) is 17.6. The number of aromatic nitrogens is 2. The molecule has 0 radical (unpaired) electrons. The maximum absolute atomic E-state index is 12.8. The topological polar surface area (TPSA) is 62.5 Å². The van der Waals surface area contributed by atoms with Gasteiger partial charge in [-0.3, -0.25) is 4.79 Å². The first-order valence-corrected chi connectivity index (χ1v) is 9.01. The van der Waals surface area contributed by atoms with Crippen LogP contribution in [0.15, 0.2) is 34.9 Å². The van der Waals surface area contributed by atoms with Crippen molar-refractivity contribution in [3.8, 4) is 0 Å². The van der Waals surface area contributed by atoms with Gasteiger partial charge in [0.1, 0.15) is 0 Å². The first-order valence-electron chi connectivity index (χ1n) is 9.01. The minimum Gasteiger partial charge on any atom is -0.339 e. The Morgan fingerprint density at radius 1 is 1.24 bits per heavy atom. The Morgan fingerprint density at radius 3 is 2.80 bits per heavy atom. The molecule has 1 saturated heterocycles. The Morgan fingerprint density at radius 2 is 2.04 bits per heavy atom. The van der Waals surface area contributed by atoms with Gasteiger partial charge in [-0.05, 0) is 19.0 Å². The quantitative estimate of drug-likeness (QED) is 0.807. The molecule has 1 fully saturated rings. The van der Waals surface area contributed by atoms with E-state index in [2.05, 4.69) is 41.1 Å². The summed E-state index contributed by atoms with van der Waals surface area (Å²) in [7, 11) is 2.10. The molecule has 0 unspecified atom stereocenters. The van der Waals surface area contributed by atoms with E-state index in [0.717, 1.165) is 38.3 Å². The minimum atomic E-state index is 0.103. The van der Waals surface area contributed by atoms with Gasteiger partial charge in [-0.1, -0.05) is 42.4 Å². The summed E-state index contributed by atoms with van der Waals surface area (Å²) < 4.78 is 5.24. The molecule has 1 atom stereocenters. The van der Waals surface area contributed by atoms with Gasteiger partial charge in [0, 0.05) is 38.9 Å². The number of nitrogens with zero attached hydrogens (tertiary/aromatic N) is 4. The molecule has 6 nitrogen and oxygen atoms in total. The van der Waals surface area contributed by atoms with Gasteiger partial charge >= 0.3 is 0 Å². The Labute approximate surface area is 148 Å². The average Bonchev–Trinajstić information content (AvgIpc) is 3.08. The molecule has 25 heavy (non-hydrogen) atoms. The summed E-state index contributed by atoms with van der Waals surface area (Å²) in [5, 5.41) is 3.95. The normalized spacial score (nSPS) is 18.5. The summed E-state index contributed by atoms with van der Waals surface area (Å²) >= 11 is 0. The number of carbonyl (C=O) groups excluding carboxylic acids is 1. The molecule has 0 saturated carbocycles. The van der Waals surface area contributed by atoms with Gasteiger partial charge in [0.05, 0.1) is 6.04 Å². The van der Waals surface area contributed by atoms with E-state index in [-0.39, 0.29) is 11.9 Å². The summed E-state index contributed by atoms with van der Waals surface area (Å²) in [6.45, 7) is 4.59. The molecule has 0 spiro atoms. The van der Waals surface area contributed by atoms with Gasteiger partial charge in [0.2, 0.25) is 11.8 Å². The van der Waals surface area contributed by atoms with Crippen LogP contribution >= 0.6 is 0 Å². The van der Waals surface area contributed by atoms with Crippen molar-refractivity contribution in [2.75, 3.05) is 26.7 Å². The van der Waals surface area contributed by atoms with E-state index in [0.29, 0.717) is 18.7 Å². The molecular formula is C19H26N4O2. The molecule has 1 aromatic carbocycles. The lowest BCUT2D eigenvalue weighted by Gasteiger charge is -2.40. The first kappa shape index (κ1) is 17.6. The van der Waals surface area contributed by atoms with Crippen LogP contribution in [-0.4, -0.2) is 52.5 Å². The highest BCUT2D eigenvalue weighted by Gasteiger charge is 2.30. The van der Waals surface area contributed by atoms with E-state index in [1.807, 2.05) is 23.1 Å². The number of benzene rings is 1. The van der Waals surface area contributed by atoms with E-state index >= 15 is 0 Å². The molecule has 134 valence electrons. The molecule has 1 aromatic heterocycles. The van der Waals surface area contributed by atoms with Gasteiger partial charge in [0.15, 0.2) is 5.82 Å². The molecule has 6 heteroatoms. The highest BCUT2D eigenvalue weighted by Crippen LogP contribution is 2.25. The van der Waals surface area contributed by atoms with Crippen LogP contribution in [0.4, 0.5) is 0 Å². The van der Waals surface area contributed by atoms with Crippen LogP contribution in [0.25, 0.3) is 0 Å². The number of hydrogen-bond acceptors (Lipinski definition) is 5. The predicted molar refractivity (Wildman–Crippen MR) is 95.0 cm³/mol. The number of rotatable bonds is 6. The second kappa shape index (κ2) is 8.25. The van der Waals surface area contributed by atoms with Crippen molar-refractivity contribution in [1.82, 2.24) is 19.9 Å². The molecule has 1 aliphatic rings. The zero-order valence-electron chi connectivity index (χ0n) is 15.0. The number of piperazine rings is 1. The zero-order valence-corrected chi connectivity index (χ0v) is 15.0. The van der Waals surface area contributed by atoms with E-state index in [4.69, 9.17) is 4.52 Å². The fraction of sp³-hybridized carbons (Fsp3) is 0.526. The van der Waals surface area contributed by atoms with Crippen molar-refractivity contribution in [2.24, 2.45) is 0 Å². The summed E-state index contributed by atoms with van der Waals surface area (Å²) in [4.78, 5) is 21.4. The lowest BCUT2D eigenvalue weighted by molar-refractivity contribution is -0.136. The highest BCUT2D eigenvalue weighted by molar-refractivity contribution is 5.77. The van der Waals surface area contributed by atoms with Crippen LogP contribution < -0.4 is 0 Å². The molecule has 1 aliphatic heterocycles. The molecule has 2 heterocycles. The lowest BCUT2D eigenvalue weighted by Crippen LogP contribution is -2.49. The Bertz CT molecular complexity index is 686. The predicted octanol–water partition coefficient (Wildman–Crippen LogP) is 2.47. The third kappa shape index (κ3) is 4.45. The van der Waals surface area contributed by atoms with E-state index < -0.39 is 0 Å². The van der Waals surface area contributed by atoms with Crippen LogP contribution in [0.2, 0.25) is 0 Å². The second-order valence-corrected chi connectivity index (χ2v) is 6.63. The van der Waals surface area contributed by atoms with E-state index in [9.17, 15) is 4.79 Å². The number of amides is 1. The largest absolute Gasteiger partial charge is 0.339 e. The molecule has 0 aliphatic carbocycles. The van der Waals surface area contributed by atoms with Crippen LogP contribution in [0.5, 0.6) is 0 Å². The maximum atomic E-state index is 12.8. The standard InChI is InChI=1S/C19H26N4O2/c1-3-7-17-20-18(25-21-17)10-11-19(24)23-13-12-22(2)14-16(23)15-8-5-4-6-9-15/h4-6,8-9,16H,3,7,10-14H2,1-2H3/t16-/m1/s1. The van der Waals surface area contributed by atoms with Gasteiger partial charge in [-0.2, -0.15) is 4.98 Å². The van der Waals surface area contributed by atoms with Gasteiger partial charge in [-0.15, -0.1) is 0 Å². The fourth-order valence-electron chi connectivity index (χ4n) is 3.25. The SMILES string of the molecule is CCCc1noc(CCC(=O)N2CCN(C)C[C@@H]2c2ccccc2)n1. The molecule has 1 amide bonds. The minimum absolute atomic E-state index is 0.103. The molecule has 2 aromatic rings. The van der Waals surface area contributed by atoms with Gasteiger partial charge in [-0.25, -0.2) is 0 Å². The number of hydrogen-bond donors (Lipinski definition) is 0. The summed E-state index contributed by atoms with van der Waals surface area (Å²) in [6, 6.07) is 10.4. The smallest absolute Gasteiger partial charge is 0.227 e. The monoisotopic (exact) mass is 342 g/mol. The van der Waals surface area contributed by atoms with Gasteiger partial charge < -0.3 is 14.3 Å². The molecular weight excluding hydrogens is 316 g/mol. The lowest BCUT2D eigenvalue weighted by atomic mass is 10.0. The van der Waals surface area contributed by atoms with Crippen molar-refractivity contribution in [3.63, 3.8) is 0 Å². The Hall–Kier alpha value is -2.21. The van der Waals surface area contributed by atoms with Crippen molar-refractivity contribution in [3.05, 3.63) is 47.6 Å². The molecule has 0 bridgehead atoms. The van der Waals surface area contributed by atoms with Crippen LogP contribution in [0.1, 0.15) is 43.1 Å². The maximum Gasteiger partial charge on any atom is 0.227 e. The van der Waals surface area contributed by atoms with Crippen molar-refractivity contribution in [2.45, 2.75) is 38.6 Å². The third-order valence-corrected chi connectivity index (χ3v) is 4.62. The van der Waals surface area contributed by atoms with Crippen molar-refractivity contribution >= 4 is 5.91 Å². The summed E-state index contributed by atoms with van der Waals surface area (Å²) in [5.41, 5.74) is 1.19. The number of likely N-dealkylation sites (N-methyl/N-ethyl adjacent to an activating group) is 1. The number of aryl methyl sites for hydroxylation is 2. The number of carbonyl (C=O) groups is 1. The molecule has 0 N–H and O–H groups in total. The highest BCUT2D eigenvalue weighted by atomic mass is 16.5. The fourth-order valence-corrected chi connectivity index (χ4v) is 3.25. The van der Waals surface area contributed by atoms with Crippen LogP contribution in [0, 0.1) is 0 Å². The van der Waals surface area contributed by atoms with E-state index in [1.54, 1.807) is 0 Å². The molecule has 3 rings (SSSR count). The van der Waals surface area contributed by atoms with Crippen LogP contribution in [0.3, 0.4) is 0 Å². The van der Waals surface area contributed by atoms with Gasteiger partial charge in [0.25, 0.3) is 0 Å². The Kier molecular flexibility index (Phi) is 5.81. The van der Waals surface area contributed by atoms with Crippen LogP contribution in [-0.2, 0) is 17.6 Å². The van der Waals surface area contributed by atoms with Crippen molar-refractivity contribution < 1.29 is 9.32 Å². The average molecular weight is 342 g/mol. The first-order chi connectivity index (χ1) is 12.2. The summed E-state index contributed by atoms with van der Waals surface area (Å²) in [6.07, 6.45) is 2.70. The van der Waals surface area contributed by atoms with Crippen molar-refractivity contribution in [1.29, 1.82) is 0 Å².